The smallest absolute Gasteiger partial charge is 0.145 e. The zero-order chi connectivity index (χ0) is 13.0. The van der Waals surface area contributed by atoms with E-state index in [4.69, 9.17) is 5.26 Å². The third-order valence-electron chi connectivity index (χ3n) is 2.47. The van der Waals surface area contributed by atoms with Crippen LogP contribution < -0.4 is 4.90 Å². The molecule has 6 heteroatoms. The largest absolute Gasteiger partial charge is 0.359 e. The quantitative estimate of drug-likeness (QED) is 0.868. The first-order chi connectivity index (χ1) is 8.69. The van der Waals surface area contributed by atoms with E-state index in [0.717, 1.165) is 23.3 Å². The SMILES string of the molecule is CN(CCc1cc(Br)cs1)c1cc(C#N)ncn1. The minimum atomic E-state index is 0.394. The fourth-order valence-corrected chi connectivity index (χ4v) is 2.94. The van der Waals surface area contributed by atoms with Crippen LogP contribution in [0.1, 0.15) is 10.6 Å². The Bertz CT molecular complexity index is 575. The Hall–Kier alpha value is -1.45. The molecule has 0 bridgehead atoms. The number of rotatable bonds is 4. The van der Waals surface area contributed by atoms with Crippen molar-refractivity contribution in [2.45, 2.75) is 6.42 Å². The highest BCUT2D eigenvalue weighted by atomic mass is 79.9. The van der Waals surface area contributed by atoms with Gasteiger partial charge in [0.2, 0.25) is 0 Å². The molecule has 2 rings (SSSR count). The van der Waals surface area contributed by atoms with E-state index in [-0.39, 0.29) is 0 Å². The molecule has 0 N–H and O–H groups in total. The van der Waals surface area contributed by atoms with Gasteiger partial charge in [0.25, 0.3) is 0 Å². The molecule has 0 radical (unpaired) electrons. The lowest BCUT2D eigenvalue weighted by Gasteiger charge is -2.17. The van der Waals surface area contributed by atoms with Crippen molar-refractivity contribution < 1.29 is 0 Å². The van der Waals surface area contributed by atoms with Crippen LogP contribution >= 0.6 is 27.3 Å². The number of likely N-dealkylation sites (N-methyl/N-ethyl adjacent to an activating group) is 1. The standard InChI is InChI=1S/C12H11BrN4S/c1-17(3-2-11-4-9(13)7-18-11)12-5-10(6-14)15-8-16-12/h4-5,7-8H,2-3H2,1H3. The first kappa shape index (κ1) is 13.0. The summed E-state index contributed by atoms with van der Waals surface area (Å²) in [5.41, 5.74) is 0.394. The molecule has 0 saturated heterocycles. The van der Waals surface area contributed by atoms with Crippen molar-refractivity contribution in [2.24, 2.45) is 0 Å². The molecule has 92 valence electrons. The summed E-state index contributed by atoms with van der Waals surface area (Å²) in [7, 11) is 1.96. The van der Waals surface area contributed by atoms with Crippen LogP contribution in [-0.2, 0) is 6.42 Å². The molecule has 0 unspecified atom stereocenters. The molecule has 0 amide bonds. The number of halogens is 1. The van der Waals surface area contributed by atoms with Crippen molar-refractivity contribution in [3.05, 3.63) is 38.9 Å². The molecule has 0 aliphatic carbocycles. The molecule has 2 heterocycles. The molecule has 2 aromatic heterocycles. The van der Waals surface area contributed by atoms with Crippen LogP contribution in [0.2, 0.25) is 0 Å². The maximum Gasteiger partial charge on any atom is 0.145 e. The highest BCUT2D eigenvalue weighted by Crippen LogP contribution is 2.20. The first-order valence-electron chi connectivity index (χ1n) is 5.35. The Morgan fingerprint density at radius 2 is 2.28 bits per heavy atom. The van der Waals surface area contributed by atoms with E-state index in [1.165, 1.54) is 11.2 Å². The summed E-state index contributed by atoms with van der Waals surface area (Å²) in [5.74, 6) is 0.775. The maximum atomic E-state index is 8.79. The van der Waals surface area contributed by atoms with Crippen molar-refractivity contribution >= 4 is 33.1 Å². The summed E-state index contributed by atoms with van der Waals surface area (Å²) in [6.45, 7) is 0.856. The fraction of sp³-hybridized carbons (Fsp3) is 0.250. The highest BCUT2D eigenvalue weighted by Gasteiger charge is 2.05. The van der Waals surface area contributed by atoms with Crippen LogP contribution in [0.25, 0.3) is 0 Å². The summed E-state index contributed by atoms with van der Waals surface area (Å²) in [5, 5.41) is 10.9. The van der Waals surface area contributed by atoms with Gasteiger partial charge in [0.15, 0.2) is 0 Å². The summed E-state index contributed by atoms with van der Waals surface area (Å²) in [6, 6.07) is 5.84. The van der Waals surface area contributed by atoms with Gasteiger partial charge in [0, 0.05) is 34.4 Å². The van der Waals surface area contributed by atoms with Crippen molar-refractivity contribution in [1.82, 2.24) is 9.97 Å². The predicted molar refractivity (Wildman–Crippen MR) is 75.7 cm³/mol. The lowest BCUT2D eigenvalue weighted by Crippen LogP contribution is -2.21. The second-order valence-electron chi connectivity index (χ2n) is 3.78. The molecule has 18 heavy (non-hydrogen) atoms. The molecule has 0 aliphatic heterocycles. The Kier molecular flexibility index (Phi) is 4.28. The van der Waals surface area contributed by atoms with Crippen molar-refractivity contribution in [3.8, 4) is 6.07 Å². The Morgan fingerprint density at radius 3 is 2.94 bits per heavy atom. The van der Waals surface area contributed by atoms with Gasteiger partial charge in [-0.2, -0.15) is 5.26 Å². The van der Waals surface area contributed by atoms with Gasteiger partial charge >= 0.3 is 0 Å². The van der Waals surface area contributed by atoms with E-state index in [1.54, 1.807) is 17.4 Å². The van der Waals surface area contributed by atoms with Gasteiger partial charge in [0.05, 0.1) is 0 Å². The van der Waals surface area contributed by atoms with E-state index in [2.05, 4.69) is 37.3 Å². The minimum absolute atomic E-state index is 0.394. The van der Waals surface area contributed by atoms with Crippen LogP contribution in [0.3, 0.4) is 0 Å². The van der Waals surface area contributed by atoms with Crippen LogP contribution in [0, 0.1) is 11.3 Å². The topological polar surface area (TPSA) is 52.8 Å². The number of thiophene rings is 1. The van der Waals surface area contributed by atoms with Crippen LogP contribution in [0.5, 0.6) is 0 Å². The van der Waals surface area contributed by atoms with Gasteiger partial charge < -0.3 is 4.90 Å². The van der Waals surface area contributed by atoms with Crippen molar-refractivity contribution in [3.63, 3.8) is 0 Å². The van der Waals surface area contributed by atoms with Gasteiger partial charge in [-0.25, -0.2) is 9.97 Å². The lowest BCUT2D eigenvalue weighted by atomic mass is 10.3. The fourth-order valence-electron chi connectivity index (χ4n) is 1.49. The molecule has 0 fully saturated rings. The van der Waals surface area contributed by atoms with Crippen molar-refractivity contribution in [1.29, 1.82) is 5.26 Å². The van der Waals surface area contributed by atoms with Gasteiger partial charge in [-0.3, -0.25) is 0 Å². The number of nitriles is 1. The monoisotopic (exact) mass is 322 g/mol. The summed E-state index contributed by atoms with van der Waals surface area (Å²) < 4.78 is 1.12. The maximum absolute atomic E-state index is 8.79. The molecular weight excluding hydrogens is 312 g/mol. The highest BCUT2D eigenvalue weighted by molar-refractivity contribution is 9.10. The second kappa shape index (κ2) is 5.94. The lowest BCUT2D eigenvalue weighted by molar-refractivity contribution is 0.863. The van der Waals surface area contributed by atoms with Gasteiger partial charge in [-0.1, -0.05) is 0 Å². The zero-order valence-electron chi connectivity index (χ0n) is 9.80. The number of nitrogens with zero attached hydrogens (tertiary/aromatic N) is 4. The number of hydrogen-bond donors (Lipinski definition) is 0. The van der Waals surface area contributed by atoms with Crippen molar-refractivity contribution in [2.75, 3.05) is 18.5 Å². The zero-order valence-corrected chi connectivity index (χ0v) is 12.2. The molecular formula is C12H11BrN4S. The van der Waals surface area contributed by atoms with E-state index in [1.807, 2.05) is 18.0 Å². The molecule has 4 nitrogen and oxygen atoms in total. The van der Waals surface area contributed by atoms with Crippen LogP contribution in [-0.4, -0.2) is 23.6 Å². The number of aromatic nitrogens is 2. The Morgan fingerprint density at radius 1 is 1.44 bits per heavy atom. The predicted octanol–water partition coefficient (Wildman–Crippen LogP) is 2.85. The average Bonchev–Trinajstić information content (AvgIpc) is 2.82. The molecule has 0 saturated carbocycles. The third-order valence-corrected chi connectivity index (χ3v) is 4.23. The normalized spacial score (nSPS) is 10.1. The van der Waals surface area contributed by atoms with E-state index in [9.17, 15) is 0 Å². The third kappa shape index (κ3) is 3.28. The van der Waals surface area contributed by atoms with Gasteiger partial charge in [-0.15, -0.1) is 11.3 Å². The summed E-state index contributed by atoms with van der Waals surface area (Å²) in [4.78, 5) is 11.4. The Balaban J connectivity index is 1.99. The molecule has 0 aliphatic rings. The second-order valence-corrected chi connectivity index (χ2v) is 5.69. The van der Waals surface area contributed by atoms with Crippen LogP contribution in [0.4, 0.5) is 5.82 Å². The molecule has 0 aromatic carbocycles. The van der Waals surface area contributed by atoms with Crippen LogP contribution in [0.15, 0.2) is 28.3 Å². The van der Waals surface area contributed by atoms with E-state index in [0.29, 0.717) is 5.69 Å². The Labute approximate surface area is 118 Å². The van der Waals surface area contributed by atoms with E-state index >= 15 is 0 Å². The summed E-state index contributed by atoms with van der Waals surface area (Å²) >= 11 is 5.18. The minimum Gasteiger partial charge on any atom is -0.359 e. The van der Waals surface area contributed by atoms with Gasteiger partial charge in [0.1, 0.15) is 23.9 Å². The average molecular weight is 323 g/mol. The number of anilines is 1. The van der Waals surface area contributed by atoms with E-state index < -0.39 is 0 Å². The number of hydrogen-bond acceptors (Lipinski definition) is 5. The summed E-state index contributed by atoms with van der Waals surface area (Å²) in [6.07, 6.45) is 2.38. The molecule has 0 spiro atoms. The molecule has 0 atom stereocenters. The van der Waals surface area contributed by atoms with Gasteiger partial charge in [-0.05, 0) is 28.4 Å². The molecule has 2 aromatic rings. The first-order valence-corrected chi connectivity index (χ1v) is 7.02.